The van der Waals surface area contributed by atoms with Crippen LogP contribution in [0.15, 0.2) is 16.6 Å². The van der Waals surface area contributed by atoms with E-state index in [4.69, 9.17) is 10.5 Å². The molecule has 0 saturated heterocycles. The van der Waals surface area contributed by atoms with Crippen molar-refractivity contribution in [1.29, 1.82) is 0 Å². The zero-order chi connectivity index (χ0) is 17.1. The Labute approximate surface area is 149 Å². The predicted octanol–water partition coefficient (Wildman–Crippen LogP) is 2.26. The highest BCUT2D eigenvalue weighted by molar-refractivity contribution is 9.10. The lowest BCUT2D eigenvalue weighted by Crippen LogP contribution is -2.36. The van der Waals surface area contributed by atoms with Gasteiger partial charge in [-0.1, -0.05) is 12.8 Å². The van der Waals surface area contributed by atoms with Crippen molar-refractivity contribution in [2.24, 2.45) is 23.5 Å². The minimum Gasteiger partial charge on any atom is -0.477 e. The summed E-state index contributed by atoms with van der Waals surface area (Å²) in [4.78, 5) is 28.1. The van der Waals surface area contributed by atoms with Crippen molar-refractivity contribution >= 4 is 27.7 Å². The highest BCUT2D eigenvalue weighted by Crippen LogP contribution is 2.35. The molecule has 0 radical (unpaired) electrons. The van der Waals surface area contributed by atoms with E-state index in [1.165, 1.54) is 12.8 Å². The van der Waals surface area contributed by atoms with Crippen molar-refractivity contribution in [1.82, 2.24) is 10.3 Å². The third-order valence-corrected chi connectivity index (χ3v) is 5.03. The van der Waals surface area contributed by atoms with Crippen LogP contribution in [0, 0.1) is 17.8 Å². The molecule has 130 valence electrons. The highest BCUT2D eigenvalue weighted by atomic mass is 79.9. The lowest BCUT2D eigenvalue weighted by Gasteiger charge is -2.14. The summed E-state index contributed by atoms with van der Waals surface area (Å²) in [6, 6.07) is 3.38. The zero-order valence-corrected chi connectivity index (χ0v) is 15.0. The number of primary amides is 1. The Balaban J connectivity index is 1.56. The first-order valence-corrected chi connectivity index (χ1v) is 9.19. The Morgan fingerprint density at radius 1 is 1.29 bits per heavy atom. The van der Waals surface area contributed by atoms with Crippen LogP contribution >= 0.6 is 15.9 Å². The van der Waals surface area contributed by atoms with Gasteiger partial charge in [0.15, 0.2) is 0 Å². The molecule has 3 rings (SSSR count). The summed E-state index contributed by atoms with van der Waals surface area (Å²) < 4.78 is 6.39. The molecule has 1 aromatic rings. The van der Waals surface area contributed by atoms with Crippen LogP contribution in [0.4, 0.5) is 0 Å². The van der Waals surface area contributed by atoms with Gasteiger partial charge in [0.2, 0.25) is 11.8 Å². The van der Waals surface area contributed by atoms with Crippen LogP contribution in [0.5, 0.6) is 5.88 Å². The minimum atomic E-state index is -0.362. The molecule has 2 saturated carbocycles. The molecule has 2 amide bonds. The number of carbonyl (C=O) groups is 2. The maximum atomic E-state index is 12.3. The molecule has 1 heterocycles. The van der Waals surface area contributed by atoms with Crippen LogP contribution < -0.4 is 15.8 Å². The first-order valence-electron chi connectivity index (χ1n) is 8.39. The Bertz CT molecular complexity index is 630. The number of hydrogen-bond acceptors (Lipinski definition) is 4. The maximum absolute atomic E-state index is 12.3. The van der Waals surface area contributed by atoms with Gasteiger partial charge in [-0.3, -0.25) is 9.59 Å². The second-order valence-corrected chi connectivity index (χ2v) is 7.58. The van der Waals surface area contributed by atoms with Gasteiger partial charge in [0.1, 0.15) is 5.69 Å². The fourth-order valence-electron chi connectivity index (χ4n) is 2.49. The smallest absolute Gasteiger partial charge is 0.270 e. The third-order valence-electron chi connectivity index (χ3n) is 4.43. The summed E-state index contributed by atoms with van der Waals surface area (Å²) in [7, 11) is 0. The Hall–Kier alpha value is -1.63. The van der Waals surface area contributed by atoms with Crippen molar-refractivity contribution in [3.8, 4) is 5.88 Å². The summed E-state index contributed by atoms with van der Waals surface area (Å²) in [5.74, 6) is 0.615. The quantitative estimate of drug-likeness (QED) is 0.670. The van der Waals surface area contributed by atoms with Gasteiger partial charge in [-0.2, -0.15) is 0 Å². The molecular weight excluding hydrogens is 374 g/mol. The number of rotatable bonds is 9. The Morgan fingerprint density at radius 2 is 2.00 bits per heavy atom. The molecule has 7 heteroatoms. The average molecular weight is 396 g/mol. The number of nitrogens with zero attached hydrogens (tertiary/aromatic N) is 1. The standard InChI is InChI=1S/C17H22BrN3O3/c18-13-5-6-14(21-17(13)24-9-11-3-4-11)16(23)20-8-12(15(19)22)7-10-1-2-10/h5-6,10-12H,1-4,7-9H2,(H2,19,22)(H,20,23)/t12-/m1/s1. The normalized spacial score (nSPS) is 18.0. The second-order valence-electron chi connectivity index (χ2n) is 6.73. The molecule has 24 heavy (non-hydrogen) atoms. The average Bonchev–Trinajstić information content (AvgIpc) is 3.45. The van der Waals surface area contributed by atoms with Crippen molar-refractivity contribution < 1.29 is 14.3 Å². The lowest BCUT2D eigenvalue weighted by atomic mass is 10.0. The number of amides is 2. The third kappa shape index (κ3) is 4.93. The summed E-state index contributed by atoms with van der Waals surface area (Å²) >= 11 is 3.39. The summed E-state index contributed by atoms with van der Waals surface area (Å²) in [6.45, 7) is 0.877. The number of halogens is 1. The van der Waals surface area contributed by atoms with Crippen molar-refractivity contribution in [3.63, 3.8) is 0 Å². The molecule has 1 atom stereocenters. The van der Waals surface area contributed by atoms with E-state index in [1.54, 1.807) is 12.1 Å². The topological polar surface area (TPSA) is 94.3 Å². The largest absolute Gasteiger partial charge is 0.477 e. The van der Waals surface area contributed by atoms with Gasteiger partial charge in [0.25, 0.3) is 5.91 Å². The first-order chi connectivity index (χ1) is 11.5. The van der Waals surface area contributed by atoms with E-state index in [0.717, 1.165) is 23.7 Å². The molecule has 0 unspecified atom stereocenters. The van der Waals surface area contributed by atoms with Crippen LogP contribution in [-0.4, -0.2) is 29.9 Å². The van der Waals surface area contributed by atoms with E-state index in [2.05, 4.69) is 26.2 Å². The Kier molecular flexibility index (Phi) is 5.38. The molecule has 2 fully saturated rings. The van der Waals surface area contributed by atoms with Gasteiger partial charge in [-0.15, -0.1) is 0 Å². The SMILES string of the molecule is NC(=O)[C@@H](CNC(=O)c1ccc(Br)c(OCC2CC2)n1)CC1CC1. The maximum Gasteiger partial charge on any atom is 0.270 e. The second kappa shape index (κ2) is 7.51. The molecule has 6 nitrogen and oxygen atoms in total. The Morgan fingerprint density at radius 3 is 2.62 bits per heavy atom. The van der Waals surface area contributed by atoms with Gasteiger partial charge in [-0.05, 0) is 59.2 Å². The monoisotopic (exact) mass is 395 g/mol. The molecule has 0 aromatic carbocycles. The van der Waals surface area contributed by atoms with E-state index < -0.39 is 0 Å². The zero-order valence-electron chi connectivity index (χ0n) is 13.5. The van der Waals surface area contributed by atoms with Crippen molar-refractivity contribution in [3.05, 3.63) is 22.3 Å². The number of pyridine rings is 1. The molecular formula is C17H22BrN3O3. The van der Waals surface area contributed by atoms with Gasteiger partial charge >= 0.3 is 0 Å². The number of hydrogen-bond donors (Lipinski definition) is 2. The molecule has 0 spiro atoms. The van der Waals surface area contributed by atoms with Gasteiger partial charge in [-0.25, -0.2) is 4.98 Å². The van der Waals surface area contributed by atoms with Gasteiger partial charge in [0, 0.05) is 6.54 Å². The fraction of sp³-hybridized carbons (Fsp3) is 0.588. The van der Waals surface area contributed by atoms with Crippen molar-refractivity contribution in [2.75, 3.05) is 13.2 Å². The highest BCUT2D eigenvalue weighted by Gasteiger charge is 2.28. The predicted molar refractivity (Wildman–Crippen MR) is 92.5 cm³/mol. The minimum absolute atomic E-state index is 0.251. The van der Waals surface area contributed by atoms with Crippen LogP contribution in [0.25, 0.3) is 0 Å². The summed E-state index contributed by atoms with van der Waals surface area (Å²) in [5, 5.41) is 2.76. The van der Waals surface area contributed by atoms with Crippen molar-refractivity contribution in [2.45, 2.75) is 32.1 Å². The number of nitrogens with two attached hydrogens (primary N) is 1. The van der Waals surface area contributed by atoms with Crippen LogP contribution in [0.3, 0.4) is 0 Å². The van der Waals surface area contributed by atoms with E-state index in [-0.39, 0.29) is 30.0 Å². The van der Waals surface area contributed by atoms with Crippen LogP contribution in [0.2, 0.25) is 0 Å². The molecule has 2 aliphatic carbocycles. The van der Waals surface area contributed by atoms with Gasteiger partial charge < -0.3 is 15.8 Å². The lowest BCUT2D eigenvalue weighted by molar-refractivity contribution is -0.121. The van der Waals surface area contributed by atoms with E-state index in [1.807, 2.05) is 0 Å². The molecule has 0 aliphatic heterocycles. The van der Waals surface area contributed by atoms with E-state index >= 15 is 0 Å². The first kappa shape index (κ1) is 17.2. The molecule has 2 aliphatic rings. The van der Waals surface area contributed by atoms with Crippen LogP contribution in [0.1, 0.15) is 42.6 Å². The molecule has 1 aromatic heterocycles. The van der Waals surface area contributed by atoms with E-state index in [9.17, 15) is 9.59 Å². The fourth-order valence-corrected chi connectivity index (χ4v) is 2.83. The number of ether oxygens (including phenoxy) is 1. The number of carbonyl (C=O) groups excluding carboxylic acids is 2. The summed E-state index contributed by atoms with van der Waals surface area (Å²) in [6.07, 6.45) is 5.42. The number of nitrogens with one attached hydrogen (secondary N) is 1. The van der Waals surface area contributed by atoms with E-state index in [0.29, 0.717) is 24.3 Å². The van der Waals surface area contributed by atoms with Gasteiger partial charge in [0.05, 0.1) is 17.0 Å². The molecule has 3 N–H and O–H groups in total. The molecule has 0 bridgehead atoms. The summed E-state index contributed by atoms with van der Waals surface area (Å²) in [5.41, 5.74) is 5.70. The van der Waals surface area contributed by atoms with Crippen LogP contribution in [-0.2, 0) is 4.79 Å². The number of aromatic nitrogens is 1.